The number of carbonyl (C=O) groups is 3. The summed E-state index contributed by atoms with van der Waals surface area (Å²) in [4.78, 5) is 47.9. The van der Waals surface area contributed by atoms with Crippen molar-refractivity contribution in [3.8, 4) is 10.4 Å². The van der Waals surface area contributed by atoms with Crippen molar-refractivity contribution in [1.29, 1.82) is 0 Å². The molecule has 1 aromatic heterocycles. The van der Waals surface area contributed by atoms with Crippen LogP contribution < -0.4 is 10.6 Å². The quantitative estimate of drug-likeness (QED) is 0.272. The zero-order chi connectivity index (χ0) is 34.8. The summed E-state index contributed by atoms with van der Waals surface area (Å²) in [6, 6.07) is 4.05. The lowest BCUT2D eigenvalue weighted by Crippen LogP contribution is -2.58. The van der Waals surface area contributed by atoms with Crippen molar-refractivity contribution in [3.05, 3.63) is 40.5 Å². The Bertz CT molecular complexity index is 1410. The number of carbonyl (C=O) groups excluding carboxylic acids is 3. The first-order chi connectivity index (χ1) is 21.0. The largest absolute Gasteiger partial charge is 0.444 e. The molecule has 0 radical (unpaired) electrons. The minimum atomic E-state index is -2.22. The smallest absolute Gasteiger partial charge is 0.408 e. The summed E-state index contributed by atoms with van der Waals surface area (Å²) in [6.07, 6.45) is -0.690. The number of benzene rings is 1. The van der Waals surface area contributed by atoms with Gasteiger partial charge in [-0.1, -0.05) is 53.7 Å². The molecule has 2 aromatic rings. The molecule has 12 heteroatoms. The Morgan fingerprint density at radius 3 is 2.26 bits per heavy atom. The molecule has 256 valence electrons. The van der Waals surface area contributed by atoms with Gasteiger partial charge in [0.15, 0.2) is 8.32 Å². The van der Waals surface area contributed by atoms with Crippen LogP contribution in [-0.4, -0.2) is 71.5 Å². The van der Waals surface area contributed by atoms with E-state index in [0.717, 1.165) is 21.7 Å². The first-order valence-electron chi connectivity index (χ1n) is 15.9. The number of hydrogen-bond donors (Lipinski definition) is 3. The molecular weight excluding hydrogens is 621 g/mol. The Morgan fingerprint density at radius 2 is 1.74 bits per heavy atom. The van der Waals surface area contributed by atoms with Crippen molar-refractivity contribution in [1.82, 2.24) is 20.5 Å². The number of nitrogens with one attached hydrogen (secondary N) is 2. The molecule has 46 heavy (non-hydrogen) atoms. The molecule has 1 unspecified atom stereocenters. The third kappa shape index (κ3) is 9.39. The third-order valence-electron chi connectivity index (χ3n) is 8.73. The van der Waals surface area contributed by atoms with E-state index >= 15 is 0 Å². The summed E-state index contributed by atoms with van der Waals surface area (Å²) >= 11 is 1.54. The lowest BCUT2D eigenvalue weighted by molar-refractivity contribution is -0.142. The Hall–Kier alpha value is -2.80. The lowest BCUT2D eigenvalue weighted by atomic mass is 9.85. The zero-order valence-corrected chi connectivity index (χ0v) is 31.5. The van der Waals surface area contributed by atoms with E-state index in [1.807, 2.05) is 45.9 Å². The molecule has 3 atom stereocenters. The molecule has 0 aliphatic carbocycles. The second-order valence-corrected chi connectivity index (χ2v) is 21.4. The molecule has 10 nitrogen and oxygen atoms in total. The topological polar surface area (TPSA) is 130 Å². The van der Waals surface area contributed by atoms with E-state index in [2.05, 4.69) is 49.5 Å². The average Bonchev–Trinajstić information content (AvgIpc) is 3.53. The summed E-state index contributed by atoms with van der Waals surface area (Å²) < 4.78 is 12.2. The molecule has 1 fully saturated rings. The van der Waals surface area contributed by atoms with Crippen molar-refractivity contribution >= 4 is 37.6 Å². The van der Waals surface area contributed by atoms with Gasteiger partial charge in [-0.25, -0.2) is 9.78 Å². The van der Waals surface area contributed by atoms with Crippen molar-refractivity contribution in [2.24, 2.45) is 5.41 Å². The van der Waals surface area contributed by atoms with Crippen LogP contribution in [0, 0.1) is 12.3 Å². The number of aryl methyl sites for hydroxylation is 1. The van der Waals surface area contributed by atoms with Gasteiger partial charge in [-0.2, -0.15) is 0 Å². The van der Waals surface area contributed by atoms with Crippen LogP contribution >= 0.6 is 11.3 Å². The van der Waals surface area contributed by atoms with Crippen LogP contribution in [0.5, 0.6) is 0 Å². The van der Waals surface area contributed by atoms with Gasteiger partial charge >= 0.3 is 6.09 Å². The molecular formula is C34H54N4O6SSi. The van der Waals surface area contributed by atoms with Gasteiger partial charge in [0.2, 0.25) is 11.8 Å². The van der Waals surface area contributed by atoms with Gasteiger partial charge in [-0.05, 0) is 74.0 Å². The van der Waals surface area contributed by atoms with Gasteiger partial charge in [0.05, 0.1) is 28.8 Å². The number of nitrogens with zero attached hydrogens (tertiary/aromatic N) is 2. The number of hydrogen-bond acceptors (Lipinski definition) is 8. The molecule has 3 amide bonds. The van der Waals surface area contributed by atoms with Crippen LogP contribution in [0.1, 0.15) is 85.6 Å². The van der Waals surface area contributed by atoms with Crippen LogP contribution in [0.3, 0.4) is 0 Å². The molecule has 1 aromatic carbocycles. The minimum Gasteiger partial charge on any atom is -0.444 e. The number of aliphatic hydroxyl groups is 1. The molecule has 1 saturated heterocycles. The number of likely N-dealkylation sites (tertiary alicyclic amines) is 1. The molecule has 0 spiro atoms. The second kappa shape index (κ2) is 14.1. The maximum absolute atomic E-state index is 14.3. The number of alkyl carbamates (subject to hydrolysis) is 1. The van der Waals surface area contributed by atoms with Gasteiger partial charge < -0.3 is 29.8 Å². The van der Waals surface area contributed by atoms with Gasteiger partial charge in [0.1, 0.15) is 17.7 Å². The first kappa shape index (κ1) is 37.7. The molecule has 1 aliphatic heterocycles. The highest BCUT2D eigenvalue weighted by molar-refractivity contribution is 7.13. The number of amides is 3. The Morgan fingerprint density at radius 1 is 1.09 bits per heavy atom. The molecule has 0 bridgehead atoms. The van der Waals surface area contributed by atoms with E-state index in [-0.39, 0.29) is 42.7 Å². The van der Waals surface area contributed by atoms with Crippen molar-refractivity contribution in [2.75, 3.05) is 6.54 Å². The maximum atomic E-state index is 14.3. The van der Waals surface area contributed by atoms with E-state index in [1.54, 1.807) is 31.2 Å². The van der Waals surface area contributed by atoms with Gasteiger partial charge in [0, 0.05) is 19.5 Å². The molecule has 2 heterocycles. The lowest BCUT2D eigenvalue weighted by Gasteiger charge is -2.38. The SMILES string of the molecule is Cc1ncsc1-c1ccc(CNC(=O)[C@@H]2CC(O[Si](C)(C)C(C)(C)C)CN2C(=O)[C@@H](NC(=O)OC(C)(C)C)C(C)(C)C)c(CO)c1. The molecule has 0 saturated carbocycles. The highest BCUT2D eigenvalue weighted by Gasteiger charge is 2.48. The second-order valence-electron chi connectivity index (χ2n) is 15.8. The standard InChI is InChI=1S/C34H54N4O6SSi/c1-21-27(45-20-36-21)22-13-14-23(24(15-22)19-39)17-35-29(40)26-16-25(44-46(11,12)34(8,9)10)18-38(26)30(41)28(32(2,3)4)37-31(42)43-33(5,6)7/h13-15,20,25-26,28,39H,16-19H2,1-12H3,(H,35,40)(H,37,42)/t25?,26-,28+/m0/s1. The summed E-state index contributed by atoms with van der Waals surface area (Å²) in [5.41, 5.74) is 3.76. The Balaban J connectivity index is 1.88. The minimum absolute atomic E-state index is 0.0566. The third-order valence-corrected chi connectivity index (χ3v) is 14.2. The number of thiazole rings is 1. The summed E-state index contributed by atoms with van der Waals surface area (Å²) in [5.74, 6) is -0.675. The molecule has 3 rings (SSSR count). The number of aliphatic hydroxyl groups excluding tert-OH is 1. The van der Waals surface area contributed by atoms with Crippen LogP contribution in [0.15, 0.2) is 23.7 Å². The molecule has 3 N–H and O–H groups in total. The van der Waals surface area contributed by atoms with Gasteiger partial charge in [-0.3, -0.25) is 9.59 Å². The fraction of sp³-hybridized carbons (Fsp3) is 0.647. The number of ether oxygens (including phenoxy) is 1. The first-order valence-corrected chi connectivity index (χ1v) is 19.7. The molecule has 1 aliphatic rings. The highest BCUT2D eigenvalue weighted by atomic mass is 32.1. The van der Waals surface area contributed by atoms with E-state index in [1.165, 1.54) is 11.3 Å². The van der Waals surface area contributed by atoms with Crippen LogP contribution in [0.2, 0.25) is 18.1 Å². The van der Waals surface area contributed by atoms with Crippen molar-refractivity contribution in [3.63, 3.8) is 0 Å². The van der Waals surface area contributed by atoms with Crippen molar-refractivity contribution in [2.45, 2.75) is 131 Å². The predicted molar refractivity (Wildman–Crippen MR) is 185 cm³/mol. The van der Waals surface area contributed by atoms with E-state index in [9.17, 15) is 19.5 Å². The Labute approximate surface area is 279 Å². The van der Waals surface area contributed by atoms with Crippen LogP contribution in [-0.2, 0) is 31.9 Å². The van der Waals surface area contributed by atoms with Gasteiger partial charge in [-0.15, -0.1) is 11.3 Å². The maximum Gasteiger partial charge on any atom is 0.408 e. The number of rotatable bonds is 9. The highest BCUT2D eigenvalue weighted by Crippen LogP contribution is 2.39. The van der Waals surface area contributed by atoms with E-state index < -0.39 is 37.5 Å². The van der Waals surface area contributed by atoms with Crippen LogP contribution in [0.4, 0.5) is 4.79 Å². The average molecular weight is 675 g/mol. The van der Waals surface area contributed by atoms with Crippen molar-refractivity contribution < 1.29 is 28.7 Å². The van der Waals surface area contributed by atoms with Gasteiger partial charge in [0.25, 0.3) is 0 Å². The monoisotopic (exact) mass is 674 g/mol. The summed E-state index contributed by atoms with van der Waals surface area (Å²) in [5, 5.41) is 15.9. The normalized spacial score (nSPS) is 18.3. The zero-order valence-electron chi connectivity index (χ0n) is 29.7. The number of aromatic nitrogens is 1. The van der Waals surface area contributed by atoms with E-state index in [0.29, 0.717) is 12.0 Å². The fourth-order valence-corrected chi connectivity index (χ4v) is 7.33. The van der Waals surface area contributed by atoms with E-state index in [4.69, 9.17) is 9.16 Å². The predicted octanol–water partition coefficient (Wildman–Crippen LogP) is 6.16. The Kier molecular flexibility index (Phi) is 11.6. The summed E-state index contributed by atoms with van der Waals surface area (Å²) in [6.45, 7) is 23.9. The van der Waals surface area contributed by atoms with Crippen LogP contribution in [0.25, 0.3) is 10.4 Å². The summed E-state index contributed by atoms with van der Waals surface area (Å²) in [7, 11) is -2.22. The fourth-order valence-electron chi connectivity index (χ4n) is 5.17.